The van der Waals surface area contributed by atoms with Crippen LogP contribution in [0.25, 0.3) is 0 Å². The topological polar surface area (TPSA) is 123 Å². The van der Waals surface area contributed by atoms with Crippen molar-refractivity contribution >= 4 is 29.8 Å². The monoisotopic (exact) mass is 438 g/mol. The zero-order valence-corrected chi connectivity index (χ0v) is 16.6. The van der Waals surface area contributed by atoms with Crippen LogP contribution in [0, 0.1) is 0 Å². The van der Waals surface area contributed by atoms with Crippen molar-refractivity contribution in [1.82, 2.24) is 0 Å². The van der Waals surface area contributed by atoms with Gasteiger partial charge in [0, 0.05) is 0 Å². The van der Waals surface area contributed by atoms with Gasteiger partial charge in [-0.15, -0.1) is 0 Å². The zero-order chi connectivity index (χ0) is 20.6. The van der Waals surface area contributed by atoms with Crippen molar-refractivity contribution in [1.29, 1.82) is 0 Å². The molecule has 0 bridgehead atoms. The average molecular weight is 439 g/mol. The first-order valence-corrected chi connectivity index (χ1v) is 12.2. The summed E-state index contributed by atoms with van der Waals surface area (Å²) in [6.45, 7) is 0. The maximum Gasteiger partial charge on any atom is 0.295 e. The smallest absolute Gasteiger partial charge is 0.282 e. The van der Waals surface area contributed by atoms with Crippen LogP contribution < -0.4 is 0 Å². The second-order valence-electron chi connectivity index (χ2n) is 5.69. The fourth-order valence-electron chi connectivity index (χ4n) is 2.62. The molecule has 3 rings (SSSR count). The molecule has 7 nitrogen and oxygen atoms in total. The van der Waals surface area contributed by atoms with Crippen LogP contribution in [-0.2, 0) is 29.8 Å². The predicted molar refractivity (Wildman–Crippen MR) is 100 cm³/mol. The molecule has 146 valence electrons. The number of hydrogen-bond acceptors (Lipinski definition) is 6. The summed E-state index contributed by atoms with van der Waals surface area (Å²) in [5, 5.41) is 0. The highest BCUT2D eigenvalue weighted by Crippen LogP contribution is 2.35. The van der Waals surface area contributed by atoms with Gasteiger partial charge >= 0.3 is 0 Å². The Kier molecular flexibility index (Phi) is 5.15. The first-order valence-electron chi connectivity index (χ1n) is 7.77. The minimum atomic E-state index is -5.03. The van der Waals surface area contributed by atoms with Crippen LogP contribution >= 0.6 is 0 Å². The number of hydrogen-bond donors (Lipinski definition) is 1. The Labute approximate surface area is 162 Å². The molecule has 28 heavy (non-hydrogen) atoms. The second-order valence-corrected chi connectivity index (χ2v) is 10.9. The molecular formula is C18H14O7S3. The molecule has 0 amide bonds. The summed E-state index contributed by atoms with van der Waals surface area (Å²) in [4.78, 5) is -3.26. The third-order valence-corrected chi connectivity index (χ3v) is 8.72. The quantitative estimate of drug-likeness (QED) is 0.607. The highest BCUT2D eigenvalue weighted by atomic mass is 32.2. The van der Waals surface area contributed by atoms with E-state index in [0.717, 1.165) is 18.2 Å². The maximum atomic E-state index is 13.2. The van der Waals surface area contributed by atoms with Crippen LogP contribution in [0.15, 0.2) is 103 Å². The molecule has 0 saturated carbocycles. The van der Waals surface area contributed by atoms with E-state index >= 15 is 0 Å². The van der Waals surface area contributed by atoms with Crippen LogP contribution in [0.2, 0.25) is 0 Å². The summed E-state index contributed by atoms with van der Waals surface area (Å²) in [6, 6.07) is 16.7. The highest BCUT2D eigenvalue weighted by molar-refractivity contribution is 7.95. The van der Waals surface area contributed by atoms with Gasteiger partial charge in [-0.25, -0.2) is 16.8 Å². The van der Waals surface area contributed by atoms with Crippen LogP contribution in [-0.4, -0.2) is 29.8 Å². The largest absolute Gasteiger partial charge is 0.295 e. The molecule has 0 radical (unpaired) electrons. The van der Waals surface area contributed by atoms with Crippen LogP contribution in [0.5, 0.6) is 0 Å². The van der Waals surface area contributed by atoms with E-state index in [1.54, 1.807) is 12.1 Å². The van der Waals surface area contributed by atoms with Gasteiger partial charge in [0.2, 0.25) is 19.7 Å². The summed E-state index contributed by atoms with van der Waals surface area (Å²) in [5.41, 5.74) is 0. The standard InChI is InChI=1S/C18H14O7S3/c19-26(20,14-8-3-1-4-9-14)16-12-7-13-17(28(23,24)25)18(16)27(21,22)15-10-5-2-6-11-15/h1-13H,(H,23,24,25). The molecule has 3 aromatic carbocycles. The summed E-state index contributed by atoms with van der Waals surface area (Å²) >= 11 is 0. The summed E-state index contributed by atoms with van der Waals surface area (Å²) in [5.74, 6) is 0. The Morgan fingerprint density at radius 1 is 0.500 bits per heavy atom. The first-order chi connectivity index (χ1) is 13.1. The molecule has 0 spiro atoms. The SMILES string of the molecule is O=S(=O)(O)c1cccc(S(=O)(=O)c2ccccc2)c1S(=O)(=O)c1ccccc1. The molecule has 0 aliphatic heterocycles. The average Bonchev–Trinajstić information content (AvgIpc) is 2.68. The summed E-state index contributed by atoms with van der Waals surface area (Å²) in [6.07, 6.45) is 0. The van der Waals surface area contributed by atoms with E-state index < -0.39 is 44.5 Å². The van der Waals surface area contributed by atoms with Crippen LogP contribution in [0.1, 0.15) is 0 Å². The lowest BCUT2D eigenvalue weighted by Gasteiger charge is -2.14. The number of benzene rings is 3. The Balaban J connectivity index is 2.45. The lowest BCUT2D eigenvalue weighted by molar-refractivity contribution is 0.479. The molecule has 0 saturated heterocycles. The molecular weight excluding hydrogens is 424 g/mol. The van der Waals surface area contributed by atoms with Gasteiger partial charge < -0.3 is 0 Å². The molecule has 0 unspecified atom stereocenters. The van der Waals surface area contributed by atoms with Crippen molar-refractivity contribution in [2.45, 2.75) is 24.5 Å². The van der Waals surface area contributed by atoms with Crippen molar-refractivity contribution in [3.63, 3.8) is 0 Å². The van der Waals surface area contributed by atoms with Crippen molar-refractivity contribution in [3.05, 3.63) is 78.9 Å². The Bertz CT molecular complexity index is 1330. The van der Waals surface area contributed by atoms with Gasteiger partial charge in [-0.3, -0.25) is 4.55 Å². The van der Waals surface area contributed by atoms with E-state index in [4.69, 9.17) is 0 Å². The van der Waals surface area contributed by atoms with Gasteiger partial charge in [0.1, 0.15) is 9.79 Å². The van der Waals surface area contributed by atoms with E-state index in [1.165, 1.54) is 48.5 Å². The third kappa shape index (κ3) is 3.59. The number of rotatable bonds is 5. The van der Waals surface area contributed by atoms with Crippen molar-refractivity contribution in [2.75, 3.05) is 0 Å². The lowest BCUT2D eigenvalue weighted by atomic mass is 10.3. The van der Waals surface area contributed by atoms with E-state index in [-0.39, 0.29) is 9.79 Å². The highest BCUT2D eigenvalue weighted by Gasteiger charge is 2.35. The van der Waals surface area contributed by atoms with E-state index in [1.807, 2.05) is 0 Å². The molecule has 0 aliphatic rings. The fraction of sp³-hybridized carbons (Fsp3) is 0. The molecule has 0 fully saturated rings. The van der Waals surface area contributed by atoms with Gasteiger partial charge in [0.25, 0.3) is 10.1 Å². The normalized spacial score (nSPS) is 12.6. The van der Waals surface area contributed by atoms with Gasteiger partial charge in [-0.05, 0) is 36.4 Å². The van der Waals surface area contributed by atoms with Crippen LogP contribution in [0.4, 0.5) is 0 Å². The van der Waals surface area contributed by atoms with Gasteiger partial charge in [0.05, 0.1) is 14.7 Å². The van der Waals surface area contributed by atoms with Gasteiger partial charge in [0.15, 0.2) is 0 Å². The molecule has 3 aromatic rings. The second kappa shape index (κ2) is 7.13. The van der Waals surface area contributed by atoms with Crippen molar-refractivity contribution in [3.8, 4) is 0 Å². The Morgan fingerprint density at radius 2 is 0.929 bits per heavy atom. The van der Waals surface area contributed by atoms with Crippen LogP contribution in [0.3, 0.4) is 0 Å². The van der Waals surface area contributed by atoms with Crippen molar-refractivity contribution < 1.29 is 29.8 Å². The Morgan fingerprint density at radius 3 is 1.39 bits per heavy atom. The summed E-state index contributed by atoms with van der Waals surface area (Å²) < 4.78 is 85.7. The minimum Gasteiger partial charge on any atom is -0.282 e. The fourth-order valence-corrected chi connectivity index (χ4v) is 7.38. The van der Waals surface area contributed by atoms with E-state index in [9.17, 15) is 29.8 Å². The van der Waals surface area contributed by atoms with Gasteiger partial charge in [-0.1, -0.05) is 42.5 Å². The van der Waals surface area contributed by atoms with Crippen molar-refractivity contribution in [2.24, 2.45) is 0 Å². The van der Waals surface area contributed by atoms with E-state index in [2.05, 4.69) is 0 Å². The first kappa shape index (κ1) is 20.2. The third-order valence-electron chi connectivity index (χ3n) is 3.89. The molecule has 10 heteroatoms. The number of sulfone groups is 2. The molecule has 0 atom stereocenters. The maximum absolute atomic E-state index is 13.2. The lowest BCUT2D eigenvalue weighted by Crippen LogP contribution is -2.15. The predicted octanol–water partition coefficient (Wildman–Crippen LogP) is 2.60. The minimum absolute atomic E-state index is 0.216. The zero-order valence-electron chi connectivity index (χ0n) is 14.1. The molecule has 0 heterocycles. The molecule has 0 aromatic heterocycles. The molecule has 1 N–H and O–H groups in total. The Hall–Kier alpha value is -2.53. The summed E-state index contributed by atoms with van der Waals surface area (Å²) in [7, 11) is -14.0. The van der Waals surface area contributed by atoms with E-state index in [0.29, 0.717) is 0 Å². The van der Waals surface area contributed by atoms with Gasteiger partial charge in [-0.2, -0.15) is 8.42 Å². The molecule has 0 aliphatic carbocycles.